The standard InChI is InChI=1S/C13H10Cl2N2OS/c14-9-4-3-8(6-10(9)15)7-17-13(18)12-11(19)2-1-5-16-12/h1-6,19H,7H2,(H,17,18). The maximum atomic E-state index is 11.9. The third kappa shape index (κ3) is 3.62. The lowest BCUT2D eigenvalue weighted by atomic mass is 10.2. The number of nitrogens with zero attached hydrogens (tertiary/aromatic N) is 1. The van der Waals surface area contributed by atoms with E-state index in [0.29, 0.717) is 27.2 Å². The molecule has 1 aromatic carbocycles. The third-order valence-electron chi connectivity index (χ3n) is 2.44. The number of hydrogen-bond donors (Lipinski definition) is 2. The van der Waals surface area contributed by atoms with Gasteiger partial charge < -0.3 is 5.32 Å². The SMILES string of the molecule is O=C(NCc1ccc(Cl)c(Cl)c1)c1ncccc1S. The van der Waals surface area contributed by atoms with Gasteiger partial charge in [0.1, 0.15) is 5.69 Å². The van der Waals surface area contributed by atoms with Gasteiger partial charge in [0.15, 0.2) is 0 Å². The number of aromatic nitrogens is 1. The van der Waals surface area contributed by atoms with Gasteiger partial charge >= 0.3 is 0 Å². The molecule has 0 bridgehead atoms. The van der Waals surface area contributed by atoms with Gasteiger partial charge in [0.25, 0.3) is 5.91 Å². The second-order valence-corrected chi connectivity index (χ2v) is 5.10. The zero-order valence-electron chi connectivity index (χ0n) is 9.73. The monoisotopic (exact) mass is 312 g/mol. The van der Waals surface area contributed by atoms with Gasteiger partial charge in [-0.25, -0.2) is 4.98 Å². The van der Waals surface area contributed by atoms with Crippen molar-refractivity contribution in [2.24, 2.45) is 0 Å². The largest absolute Gasteiger partial charge is 0.347 e. The van der Waals surface area contributed by atoms with Crippen molar-refractivity contribution in [2.75, 3.05) is 0 Å². The van der Waals surface area contributed by atoms with Crippen molar-refractivity contribution in [1.29, 1.82) is 0 Å². The highest BCUT2D eigenvalue weighted by Crippen LogP contribution is 2.22. The molecule has 19 heavy (non-hydrogen) atoms. The predicted molar refractivity (Wildman–Crippen MR) is 79.1 cm³/mol. The molecule has 0 atom stereocenters. The Balaban J connectivity index is 2.04. The maximum absolute atomic E-state index is 11.9. The van der Waals surface area contributed by atoms with Crippen LogP contribution in [0.3, 0.4) is 0 Å². The molecule has 1 heterocycles. The van der Waals surface area contributed by atoms with E-state index in [-0.39, 0.29) is 5.91 Å². The predicted octanol–water partition coefficient (Wildman–Crippen LogP) is 3.61. The van der Waals surface area contributed by atoms with Gasteiger partial charge in [-0.15, -0.1) is 12.6 Å². The number of nitrogens with one attached hydrogen (secondary N) is 1. The van der Waals surface area contributed by atoms with Crippen LogP contribution < -0.4 is 5.32 Å². The molecule has 2 aromatic rings. The van der Waals surface area contributed by atoms with E-state index >= 15 is 0 Å². The summed E-state index contributed by atoms with van der Waals surface area (Å²) < 4.78 is 0. The molecule has 0 aliphatic carbocycles. The van der Waals surface area contributed by atoms with Crippen molar-refractivity contribution in [3.05, 3.63) is 57.8 Å². The van der Waals surface area contributed by atoms with Crippen molar-refractivity contribution in [1.82, 2.24) is 10.3 Å². The molecule has 1 amide bonds. The van der Waals surface area contributed by atoms with Crippen LogP contribution in [0.15, 0.2) is 41.4 Å². The molecule has 0 saturated carbocycles. The number of thiol groups is 1. The minimum absolute atomic E-state index is 0.281. The summed E-state index contributed by atoms with van der Waals surface area (Å²) in [5, 5.41) is 3.70. The van der Waals surface area contributed by atoms with E-state index in [1.165, 1.54) is 0 Å². The van der Waals surface area contributed by atoms with Crippen LogP contribution in [0.2, 0.25) is 10.0 Å². The third-order valence-corrected chi connectivity index (χ3v) is 3.54. The lowest BCUT2D eigenvalue weighted by molar-refractivity contribution is 0.0943. The highest BCUT2D eigenvalue weighted by molar-refractivity contribution is 7.80. The summed E-state index contributed by atoms with van der Waals surface area (Å²) in [6, 6.07) is 8.64. The quantitative estimate of drug-likeness (QED) is 0.850. The number of amides is 1. The first-order valence-electron chi connectivity index (χ1n) is 5.44. The molecule has 2 rings (SSSR count). The molecular weight excluding hydrogens is 303 g/mol. The van der Waals surface area contributed by atoms with Crippen LogP contribution in [0, 0.1) is 0 Å². The highest BCUT2D eigenvalue weighted by atomic mass is 35.5. The summed E-state index contributed by atoms with van der Waals surface area (Å²) in [6.07, 6.45) is 1.55. The molecule has 0 aliphatic heterocycles. The van der Waals surface area contributed by atoms with Crippen LogP contribution in [-0.2, 0) is 6.54 Å². The molecule has 0 aliphatic rings. The molecule has 0 spiro atoms. The van der Waals surface area contributed by atoms with Crippen LogP contribution in [0.1, 0.15) is 16.1 Å². The molecule has 98 valence electrons. The van der Waals surface area contributed by atoms with Crippen molar-refractivity contribution < 1.29 is 4.79 Å². The Morgan fingerprint density at radius 3 is 2.74 bits per heavy atom. The molecule has 1 aromatic heterocycles. The fraction of sp³-hybridized carbons (Fsp3) is 0.0769. The van der Waals surface area contributed by atoms with E-state index in [1.54, 1.807) is 36.5 Å². The van der Waals surface area contributed by atoms with Crippen molar-refractivity contribution in [3.8, 4) is 0 Å². The Morgan fingerprint density at radius 2 is 2.05 bits per heavy atom. The number of benzene rings is 1. The Kier molecular flexibility index (Phi) is 4.69. The first-order valence-corrected chi connectivity index (χ1v) is 6.64. The van der Waals surface area contributed by atoms with E-state index in [0.717, 1.165) is 5.56 Å². The van der Waals surface area contributed by atoms with E-state index in [4.69, 9.17) is 23.2 Å². The Morgan fingerprint density at radius 1 is 1.26 bits per heavy atom. The fourth-order valence-corrected chi connectivity index (χ4v) is 2.05. The molecule has 1 N–H and O–H groups in total. The van der Waals surface area contributed by atoms with Crippen LogP contribution in [0.25, 0.3) is 0 Å². The Bertz CT molecular complexity index is 619. The number of carbonyl (C=O) groups excluding carboxylic acids is 1. The van der Waals surface area contributed by atoms with E-state index in [1.807, 2.05) is 0 Å². The first-order chi connectivity index (χ1) is 9.08. The zero-order chi connectivity index (χ0) is 13.8. The average molecular weight is 313 g/mol. The second kappa shape index (κ2) is 6.28. The summed E-state index contributed by atoms with van der Waals surface area (Å²) >= 11 is 15.9. The number of hydrogen-bond acceptors (Lipinski definition) is 3. The maximum Gasteiger partial charge on any atom is 0.271 e. The van der Waals surface area contributed by atoms with E-state index in [2.05, 4.69) is 22.9 Å². The zero-order valence-corrected chi connectivity index (χ0v) is 12.1. The number of halogens is 2. The van der Waals surface area contributed by atoms with Gasteiger partial charge in [0, 0.05) is 17.6 Å². The number of pyridine rings is 1. The van der Waals surface area contributed by atoms with Gasteiger partial charge in [-0.1, -0.05) is 29.3 Å². The summed E-state index contributed by atoms with van der Waals surface area (Å²) in [5.41, 5.74) is 1.16. The fourth-order valence-electron chi connectivity index (χ4n) is 1.49. The second-order valence-electron chi connectivity index (χ2n) is 3.80. The lowest BCUT2D eigenvalue weighted by Gasteiger charge is -2.07. The topological polar surface area (TPSA) is 42.0 Å². The highest BCUT2D eigenvalue weighted by Gasteiger charge is 2.10. The molecule has 0 unspecified atom stereocenters. The van der Waals surface area contributed by atoms with Gasteiger partial charge in [-0.2, -0.15) is 0 Å². The Hall–Kier alpha value is -1.23. The smallest absolute Gasteiger partial charge is 0.271 e. The van der Waals surface area contributed by atoms with Crippen LogP contribution in [0.5, 0.6) is 0 Å². The first kappa shape index (κ1) is 14.2. The van der Waals surface area contributed by atoms with Gasteiger partial charge in [0.05, 0.1) is 10.0 Å². The van der Waals surface area contributed by atoms with E-state index in [9.17, 15) is 4.79 Å². The van der Waals surface area contributed by atoms with Gasteiger partial charge in [-0.3, -0.25) is 4.79 Å². The van der Waals surface area contributed by atoms with Crippen LogP contribution in [0.4, 0.5) is 0 Å². The summed E-state index contributed by atoms with van der Waals surface area (Å²) in [7, 11) is 0. The Labute approximate surface area is 126 Å². The summed E-state index contributed by atoms with van der Waals surface area (Å²) in [6.45, 7) is 0.347. The molecule has 6 heteroatoms. The summed E-state index contributed by atoms with van der Waals surface area (Å²) in [5.74, 6) is -0.281. The molecule has 0 fully saturated rings. The number of rotatable bonds is 3. The summed E-state index contributed by atoms with van der Waals surface area (Å²) in [4.78, 5) is 16.4. The minimum Gasteiger partial charge on any atom is -0.347 e. The molecule has 0 saturated heterocycles. The van der Waals surface area contributed by atoms with Crippen LogP contribution >= 0.6 is 35.8 Å². The van der Waals surface area contributed by atoms with Crippen LogP contribution in [-0.4, -0.2) is 10.9 Å². The minimum atomic E-state index is -0.281. The number of carbonyl (C=O) groups is 1. The average Bonchev–Trinajstić information content (AvgIpc) is 2.40. The van der Waals surface area contributed by atoms with Crippen molar-refractivity contribution in [2.45, 2.75) is 11.4 Å². The van der Waals surface area contributed by atoms with Crippen molar-refractivity contribution in [3.63, 3.8) is 0 Å². The van der Waals surface area contributed by atoms with E-state index < -0.39 is 0 Å². The van der Waals surface area contributed by atoms with Gasteiger partial charge in [0.2, 0.25) is 0 Å². The van der Waals surface area contributed by atoms with Crippen molar-refractivity contribution >= 4 is 41.7 Å². The molecule has 0 radical (unpaired) electrons. The van der Waals surface area contributed by atoms with Gasteiger partial charge in [-0.05, 0) is 29.8 Å². The normalized spacial score (nSPS) is 10.3. The molecule has 3 nitrogen and oxygen atoms in total. The lowest BCUT2D eigenvalue weighted by Crippen LogP contribution is -2.24. The molecular formula is C13H10Cl2N2OS.